The molecule has 5 saturated heterocycles. The largest absolute Gasteiger partial charge is 0.394 e. The third-order valence-corrected chi connectivity index (χ3v) is 11.1. The van der Waals surface area contributed by atoms with E-state index in [1.165, 1.54) is 6.92 Å². The molecule has 61 heavy (non-hydrogen) atoms. The summed E-state index contributed by atoms with van der Waals surface area (Å²) in [7, 11) is 0. The van der Waals surface area contributed by atoms with Gasteiger partial charge in [-0.3, -0.25) is 9.59 Å². The molecule has 5 rings (SSSR count). The van der Waals surface area contributed by atoms with E-state index in [2.05, 4.69) is 10.6 Å². The molecule has 0 bridgehead atoms. The van der Waals surface area contributed by atoms with Gasteiger partial charge in [0.15, 0.2) is 31.5 Å². The van der Waals surface area contributed by atoms with E-state index >= 15 is 0 Å². The Labute approximate surface area is 346 Å². The Kier molecular flexibility index (Phi) is 17.5. The first kappa shape index (κ1) is 50.0. The van der Waals surface area contributed by atoms with Gasteiger partial charge in [-0.1, -0.05) is 0 Å². The third-order valence-electron chi connectivity index (χ3n) is 11.1. The van der Waals surface area contributed by atoms with Crippen molar-refractivity contribution in [3.05, 3.63) is 0 Å². The lowest BCUT2D eigenvalue weighted by Crippen LogP contribution is -2.70. The van der Waals surface area contributed by atoms with Crippen molar-refractivity contribution in [1.29, 1.82) is 0 Å². The molecule has 5 aliphatic rings. The highest BCUT2D eigenvalue weighted by Gasteiger charge is 2.56. The molecule has 0 aliphatic carbocycles. The van der Waals surface area contributed by atoms with Crippen molar-refractivity contribution < 1.29 is 124 Å². The van der Waals surface area contributed by atoms with Crippen molar-refractivity contribution in [1.82, 2.24) is 10.6 Å². The number of nitrogens with one attached hydrogen (secondary N) is 2. The quantitative estimate of drug-likeness (QED) is 0.0770. The number of hydrogen-bond acceptors (Lipinski definition) is 25. The van der Waals surface area contributed by atoms with E-state index in [4.69, 9.17) is 42.6 Å². The Morgan fingerprint density at radius 1 is 0.459 bits per heavy atom. The lowest BCUT2D eigenvalue weighted by Gasteiger charge is -2.50. The van der Waals surface area contributed by atoms with Crippen LogP contribution in [0.1, 0.15) is 20.8 Å². The van der Waals surface area contributed by atoms with E-state index in [0.29, 0.717) is 0 Å². The van der Waals surface area contributed by atoms with Gasteiger partial charge < -0.3 is 125 Å². The summed E-state index contributed by atoms with van der Waals surface area (Å²) in [6.07, 6.45) is -40.0. The van der Waals surface area contributed by atoms with Gasteiger partial charge in [0.25, 0.3) is 0 Å². The molecule has 27 heteroatoms. The smallest absolute Gasteiger partial charge is 0.217 e. The highest BCUT2D eigenvalue weighted by molar-refractivity contribution is 5.73. The zero-order chi connectivity index (χ0) is 45.2. The van der Waals surface area contributed by atoms with Crippen molar-refractivity contribution in [2.45, 2.75) is 174 Å². The van der Waals surface area contributed by atoms with Crippen molar-refractivity contribution in [3.8, 4) is 0 Å². The van der Waals surface area contributed by atoms with E-state index in [0.717, 1.165) is 13.8 Å². The van der Waals surface area contributed by atoms with Gasteiger partial charge in [0.1, 0.15) is 116 Å². The zero-order valence-electron chi connectivity index (χ0n) is 33.0. The number of aliphatic hydroxyl groups is 14. The first-order valence-corrected chi connectivity index (χ1v) is 19.4. The summed E-state index contributed by atoms with van der Waals surface area (Å²) in [4.78, 5) is 24.5. The Morgan fingerprint density at radius 3 is 1.44 bits per heavy atom. The number of amides is 2. The zero-order valence-corrected chi connectivity index (χ0v) is 33.0. The molecule has 0 aromatic carbocycles. The van der Waals surface area contributed by atoms with Crippen molar-refractivity contribution in [2.24, 2.45) is 0 Å². The van der Waals surface area contributed by atoms with E-state index in [1.54, 1.807) is 0 Å². The van der Waals surface area contributed by atoms with Crippen molar-refractivity contribution in [3.63, 3.8) is 0 Å². The number of carbonyl (C=O) groups is 2. The van der Waals surface area contributed by atoms with Gasteiger partial charge in [0.2, 0.25) is 11.8 Å². The predicted molar refractivity (Wildman–Crippen MR) is 188 cm³/mol. The first-order chi connectivity index (χ1) is 28.7. The van der Waals surface area contributed by atoms with E-state index in [9.17, 15) is 81.1 Å². The maximum atomic E-state index is 12.5. The molecule has 25 atom stereocenters. The van der Waals surface area contributed by atoms with Gasteiger partial charge in [0, 0.05) is 13.8 Å². The fraction of sp³-hybridized carbons (Fsp3) is 0.941. The maximum Gasteiger partial charge on any atom is 0.217 e. The normalized spacial score (nSPS) is 49.6. The van der Waals surface area contributed by atoms with Crippen LogP contribution in [0, 0.1) is 0 Å². The standard InChI is InChI=1S/C34H58N2O25/c1-8-17(42)21(46)24(49)32(54-8)53-7-14-29(19(44)15(30(52)55-14)35-9(2)40)59-31-16(36-10(3)41)20(45)27(12(5-38)57-31)60-34-26(51)23(48)28(13(6-39)58-34)61-33-25(50)22(47)18(43)11(4-37)56-33/h8,11-34,37-39,42-52H,4-7H2,1-3H3,(H,35,40)(H,36,41)/t8-,11+,12+,13+,14+,15+,16+,17+,18+,19+,20+,21+,22-,23+,24-,25-,26-,27+,28+,29+,30+,31-,32+,33-,34+/m0/s1. The van der Waals surface area contributed by atoms with Crippen LogP contribution in [-0.2, 0) is 52.2 Å². The van der Waals surface area contributed by atoms with Crippen LogP contribution < -0.4 is 10.6 Å². The fourth-order valence-corrected chi connectivity index (χ4v) is 7.69. The van der Waals surface area contributed by atoms with Crippen LogP contribution in [0.3, 0.4) is 0 Å². The van der Waals surface area contributed by atoms with Crippen molar-refractivity contribution in [2.75, 3.05) is 26.4 Å². The minimum atomic E-state index is -2.09. The molecule has 27 nitrogen and oxygen atoms in total. The van der Waals surface area contributed by atoms with Crippen LogP contribution in [0.5, 0.6) is 0 Å². The molecule has 0 radical (unpaired) electrons. The molecule has 16 N–H and O–H groups in total. The molecule has 2 amide bonds. The molecular formula is C34H58N2O25. The van der Waals surface area contributed by atoms with E-state index in [1.807, 2.05) is 0 Å². The topological polar surface area (TPSA) is 424 Å². The third kappa shape index (κ3) is 10.9. The second-order valence-corrected chi connectivity index (χ2v) is 15.4. The van der Waals surface area contributed by atoms with Crippen LogP contribution in [0.4, 0.5) is 0 Å². The number of ether oxygens (including phenoxy) is 9. The van der Waals surface area contributed by atoms with Crippen LogP contribution >= 0.6 is 0 Å². The minimum Gasteiger partial charge on any atom is -0.394 e. The Bertz CT molecular complexity index is 1420. The molecule has 5 fully saturated rings. The van der Waals surface area contributed by atoms with E-state index < -0.39 is 192 Å². The Balaban J connectivity index is 1.34. The average molecular weight is 895 g/mol. The van der Waals surface area contributed by atoms with Crippen LogP contribution in [-0.4, -0.2) is 263 Å². The fourth-order valence-electron chi connectivity index (χ4n) is 7.69. The van der Waals surface area contributed by atoms with Gasteiger partial charge in [-0.15, -0.1) is 0 Å². The van der Waals surface area contributed by atoms with Gasteiger partial charge >= 0.3 is 0 Å². The summed E-state index contributed by atoms with van der Waals surface area (Å²) in [5, 5.41) is 152. The Hall–Kier alpha value is -1.98. The molecule has 0 spiro atoms. The molecule has 5 aliphatic heterocycles. The van der Waals surface area contributed by atoms with Crippen molar-refractivity contribution >= 4 is 11.8 Å². The first-order valence-electron chi connectivity index (χ1n) is 19.4. The molecular weight excluding hydrogens is 836 g/mol. The SMILES string of the molecule is CC(=O)N[C@@H]1[C@@H](O)[C@H](O[C@@H]2O[C@H](CO)[C@@H](O[C@H]3O[C@H](CO)[C@@H](O[C@@H]4O[C@H](CO)[C@@H](O)[C@H](O)[C@@H]4O)[C@H](O)[C@@H]3O)[C@H](O)[C@H]2NC(C)=O)[C@@H](CO[C@@H]2O[C@@H](C)[C@@H](O)[C@@H](O)[C@@H]2O)O[C@H]1O. The summed E-state index contributed by atoms with van der Waals surface area (Å²) in [5.74, 6) is -1.50. The summed E-state index contributed by atoms with van der Waals surface area (Å²) in [6, 6.07) is -3.23. The lowest BCUT2D eigenvalue weighted by atomic mass is 9.94. The van der Waals surface area contributed by atoms with Gasteiger partial charge in [0.05, 0.1) is 32.5 Å². The van der Waals surface area contributed by atoms with Crippen LogP contribution in [0.2, 0.25) is 0 Å². The highest BCUT2D eigenvalue weighted by atomic mass is 16.8. The number of aliphatic hydroxyl groups excluding tert-OH is 14. The number of rotatable bonds is 14. The molecule has 0 saturated carbocycles. The second kappa shape index (κ2) is 21.3. The average Bonchev–Trinajstić information content (AvgIpc) is 3.21. The Morgan fingerprint density at radius 2 is 0.885 bits per heavy atom. The number of carbonyl (C=O) groups excluding carboxylic acids is 2. The molecule has 0 unspecified atom stereocenters. The summed E-state index contributed by atoms with van der Waals surface area (Å²) in [6.45, 7) is 0.104. The molecule has 5 heterocycles. The molecule has 354 valence electrons. The summed E-state index contributed by atoms with van der Waals surface area (Å²) >= 11 is 0. The highest BCUT2D eigenvalue weighted by Crippen LogP contribution is 2.35. The monoisotopic (exact) mass is 894 g/mol. The van der Waals surface area contributed by atoms with Gasteiger partial charge in [-0.2, -0.15) is 0 Å². The van der Waals surface area contributed by atoms with E-state index in [-0.39, 0.29) is 0 Å². The summed E-state index contributed by atoms with van der Waals surface area (Å²) < 4.78 is 51.0. The lowest BCUT2D eigenvalue weighted by molar-refractivity contribution is -0.379. The predicted octanol–water partition coefficient (Wildman–Crippen LogP) is -10.6. The number of hydrogen-bond donors (Lipinski definition) is 16. The van der Waals surface area contributed by atoms with Gasteiger partial charge in [-0.25, -0.2) is 0 Å². The van der Waals surface area contributed by atoms with Gasteiger partial charge in [-0.05, 0) is 6.92 Å². The van der Waals surface area contributed by atoms with Crippen LogP contribution in [0.25, 0.3) is 0 Å². The molecule has 0 aromatic rings. The molecule has 0 aromatic heterocycles. The second-order valence-electron chi connectivity index (χ2n) is 15.4. The van der Waals surface area contributed by atoms with Crippen LogP contribution in [0.15, 0.2) is 0 Å². The maximum absolute atomic E-state index is 12.5. The summed E-state index contributed by atoms with van der Waals surface area (Å²) in [5.41, 5.74) is 0. The minimum absolute atomic E-state index is 0.676.